The number of hydrogen-bond donors (Lipinski definition) is 9. The number of aliphatic carboxylic acids is 1. The molecule has 0 radical (unpaired) electrons. The zero-order chi connectivity index (χ0) is 23.0. The molecule has 0 saturated carbocycles. The molecule has 0 fully saturated rings. The van der Waals surface area contributed by atoms with Gasteiger partial charge in [0.1, 0.15) is 36.2 Å². The SMILES string of the molecule is NC(=O)CC[C@H](N)C(=O)O.O=C[C@H](O)[C@@H](O)[C@H](O)[C@H](O)CO.Oc1ccccc1. The number of phenols is 1. The summed E-state index contributed by atoms with van der Waals surface area (Å²) >= 11 is 0. The van der Waals surface area contributed by atoms with Gasteiger partial charge in [-0.3, -0.25) is 9.59 Å². The van der Waals surface area contributed by atoms with Crippen molar-refractivity contribution in [1.82, 2.24) is 0 Å². The minimum absolute atomic E-state index is 0.0213. The average Bonchev–Trinajstić information content (AvgIpc) is 2.70. The van der Waals surface area contributed by atoms with Crippen LogP contribution in [-0.4, -0.2) is 91.0 Å². The van der Waals surface area contributed by atoms with E-state index in [-0.39, 0.29) is 19.1 Å². The summed E-state index contributed by atoms with van der Waals surface area (Å²) in [6.07, 6.45) is -6.72. The highest BCUT2D eigenvalue weighted by Gasteiger charge is 2.29. The molecule has 0 spiro atoms. The average molecular weight is 420 g/mol. The van der Waals surface area contributed by atoms with Crippen molar-refractivity contribution in [2.24, 2.45) is 11.5 Å². The van der Waals surface area contributed by atoms with Crippen LogP contribution in [0.2, 0.25) is 0 Å². The number of primary amides is 1. The molecule has 0 unspecified atom stereocenters. The Morgan fingerprint density at radius 3 is 1.86 bits per heavy atom. The largest absolute Gasteiger partial charge is 0.508 e. The summed E-state index contributed by atoms with van der Waals surface area (Å²) in [7, 11) is 0. The number of carboxylic acid groups (broad SMARTS) is 1. The van der Waals surface area contributed by atoms with E-state index in [9.17, 15) is 14.4 Å². The van der Waals surface area contributed by atoms with Gasteiger partial charge in [0.05, 0.1) is 6.61 Å². The van der Waals surface area contributed by atoms with Crippen LogP contribution < -0.4 is 11.5 Å². The Labute approximate surface area is 166 Å². The quantitative estimate of drug-likeness (QED) is 0.179. The van der Waals surface area contributed by atoms with E-state index in [1.807, 2.05) is 6.07 Å². The molecule has 0 aliphatic rings. The Morgan fingerprint density at radius 2 is 1.55 bits per heavy atom. The maximum absolute atomic E-state index is 10.1. The third-order valence-corrected chi connectivity index (χ3v) is 3.20. The maximum Gasteiger partial charge on any atom is 0.320 e. The van der Waals surface area contributed by atoms with E-state index in [0.717, 1.165) is 0 Å². The Balaban J connectivity index is 0. The molecule has 0 bridgehead atoms. The lowest BCUT2D eigenvalue weighted by molar-refractivity contribution is -0.138. The van der Waals surface area contributed by atoms with Crippen molar-refractivity contribution in [1.29, 1.82) is 0 Å². The van der Waals surface area contributed by atoms with Crippen molar-refractivity contribution in [3.63, 3.8) is 0 Å². The number of benzene rings is 1. The number of phenolic OH excluding ortho intramolecular Hbond substituents is 1. The van der Waals surface area contributed by atoms with Crippen LogP contribution in [0.3, 0.4) is 0 Å². The number of nitrogens with two attached hydrogens (primary N) is 2. The summed E-state index contributed by atoms with van der Waals surface area (Å²) in [6.45, 7) is -0.760. The molecular formula is C17H28N2O10. The lowest BCUT2D eigenvalue weighted by Gasteiger charge is -2.22. The Bertz CT molecular complexity index is 587. The molecule has 12 heteroatoms. The monoisotopic (exact) mass is 420 g/mol. The third kappa shape index (κ3) is 15.0. The predicted molar refractivity (Wildman–Crippen MR) is 99.3 cm³/mol. The van der Waals surface area contributed by atoms with Gasteiger partial charge in [-0.15, -0.1) is 0 Å². The number of aldehydes is 1. The number of amides is 1. The van der Waals surface area contributed by atoms with Gasteiger partial charge in [-0.05, 0) is 18.6 Å². The zero-order valence-corrected chi connectivity index (χ0v) is 15.5. The second-order valence-corrected chi connectivity index (χ2v) is 5.64. The van der Waals surface area contributed by atoms with Gasteiger partial charge in [-0.1, -0.05) is 18.2 Å². The first kappa shape index (κ1) is 28.6. The van der Waals surface area contributed by atoms with Crippen LogP contribution in [0.4, 0.5) is 0 Å². The van der Waals surface area contributed by atoms with Crippen molar-refractivity contribution >= 4 is 18.2 Å². The van der Waals surface area contributed by atoms with Crippen LogP contribution in [0.1, 0.15) is 12.8 Å². The van der Waals surface area contributed by atoms with Crippen molar-refractivity contribution in [3.8, 4) is 5.75 Å². The van der Waals surface area contributed by atoms with Crippen LogP contribution in [0.5, 0.6) is 5.75 Å². The Morgan fingerprint density at radius 1 is 1.03 bits per heavy atom. The minimum Gasteiger partial charge on any atom is -0.508 e. The van der Waals surface area contributed by atoms with Gasteiger partial charge in [0.25, 0.3) is 0 Å². The number of aliphatic hydroxyl groups excluding tert-OH is 5. The summed E-state index contributed by atoms with van der Waals surface area (Å²) in [5.74, 6) is -1.32. The van der Waals surface area contributed by atoms with Gasteiger partial charge >= 0.3 is 5.97 Å². The van der Waals surface area contributed by atoms with Crippen molar-refractivity contribution < 1.29 is 50.1 Å². The van der Waals surface area contributed by atoms with E-state index in [1.165, 1.54) is 0 Å². The molecular weight excluding hydrogens is 392 g/mol. The second kappa shape index (κ2) is 16.4. The first-order valence-electron chi connectivity index (χ1n) is 8.26. The molecule has 1 rings (SSSR count). The molecule has 1 aromatic rings. The van der Waals surface area contributed by atoms with Crippen molar-refractivity contribution in [2.75, 3.05) is 6.61 Å². The van der Waals surface area contributed by atoms with Crippen LogP contribution >= 0.6 is 0 Å². The fourth-order valence-electron chi connectivity index (χ4n) is 1.47. The molecule has 11 N–H and O–H groups in total. The summed E-state index contributed by atoms with van der Waals surface area (Å²) in [4.78, 5) is 30.0. The smallest absolute Gasteiger partial charge is 0.320 e. The summed E-state index contributed by atoms with van der Waals surface area (Å²) in [5.41, 5.74) is 9.81. The number of carbonyl (C=O) groups is 3. The number of carbonyl (C=O) groups excluding carboxylic acids is 2. The van der Waals surface area contributed by atoms with E-state index in [2.05, 4.69) is 0 Å². The van der Waals surface area contributed by atoms with Crippen LogP contribution in [0.15, 0.2) is 30.3 Å². The van der Waals surface area contributed by atoms with Crippen LogP contribution in [0.25, 0.3) is 0 Å². The van der Waals surface area contributed by atoms with Crippen LogP contribution in [-0.2, 0) is 14.4 Å². The highest BCUT2D eigenvalue weighted by molar-refractivity contribution is 5.76. The van der Waals surface area contributed by atoms with Crippen molar-refractivity contribution in [3.05, 3.63) is 30.3 Å². The highest BCUT2D eigenvalue weighted by atomic mass is 16.4. The molecule has 1 aromatic carbocycles. The molecule has 0 saturated heterocycles. The standard InChI is InChI=1S/C6H12O6.C6H6O.C5H10N2O3/c7-1-3(9)5(11)6(12)4(10)2-8;7-6-4-2-1-3-5-6;6-3(5(9)10)1-2-4(7)8/h1,3-6,8-12H,2H2;1-5,7H;3H,1-2,6H2,(H2,7,8)(H,9,10)/t3-,4+,5+,6+;;3-/m0.0/s1. The van der Waals surface area contributed by atoms with Crippen LogP contribution in [0, 0.1) is 0 Å². The zero-order valence-electron chi connectivity index (χ0n) is 15.5. The fourth-order valence-corrected chi connectivity index (χ4v) is 1.47. The first-order valence-corrected chi connectivity index (χ1v) is 8.26. The molecule has 0 aliphatic carbocycles. The van der Waals surface area contributed by atoms with Gasteiger partial charge in [0.2, 0.25) is 5.91 Å². The molecule has 12 nitrogen and oxygen atoms in total. The highest BCUT2D eigenvalue weighted by Crippen LogP contribution is 2.03. The summed E-state index contributed by atoms with van der Waals surface area (Å²) in [6, 6.07) is 7.73. The predicted octanol–water partition coefficient (Wildman–Crippen LogP) is -3.32. The Kier molecular flexibility index (Phi) is 16.1. The van der Waals surface area contributed by atoms with Gasteiger partial charge in [0, 0.05) is 6.42 Å². The topological polar surface area (TPSA) is 245 Å². The number of para-hydroxylation sites is 1. The number of aliphatic hydroxyl groups is 5. The normalized spacial score (nSPS) is 15.1. The van der Waals surface area contributed by atoms with Crippen molar-refractivity contribution in [2.45, 2.75) is 43.3 Å². The molecule has 1 amide bonds. The lowest BCUT2D eigenvalue weighted by atomic mass is 10.0. The molecule has 0 aromatic heterocycles. The summed E-state index contributed by atoms with van der Waals surface area (Å²) in [5, 5.41) is 60.4. The molecule has 0 heterocycles. The van der Waals surface area contributed by atoms with Gasteiger partial charge in [-0.25, -0.2) is 0 Å². The number of rotatable bonds is 9. The number of hydrogen-bond acceptors (Lipinski definition) is 10. The number of aromatic hydroxyl groups is 1. The molecule has 5 atom stereocenters. The van der Waals surface area contributed by atoms with Gasteiger partial charge in [0.15, 0.2) is 6.29 Å². The number of carboxylic acids is 1. The van der Waals surface area contributed by atoms with E-state index in [1.54, 1.807) is 24.3 Å². The lowest BCUT2D eigenvalue weighted by Crippen LogP contribution is -2.46. The minimum atomic E-state index is -1.79. The van der Waals surface area contributed by atoms with E-state index in [0.29, 0.717) is 5.75 Å². The first-order chi connectivity index (χ1) is 13.5. The molecule has 166 valence electrons. The second-order valence-electron chi connectivity index (χ2n) is 5.64. The van der Waals surface area contributed by atoms with Gasteiger partial charge < -0.3 is 52.0 Å². The maximum atomic E-state index is 10.1. The van der Waals surface area contributed by atoms with E-state index < -0.39 is 48.9 Å². The van der Waals surface area contributed by atoms with E-state index in [4.69, 9.17) is 47.2 Å². The Hall–Kier alpha value is -2.61. The molecule has 0 aliphatic heterocycles. The van der Waals surface area contributed by atoms with Gasteiger partial charge in [-0.2, -0.15) is 0 Å². The third-order valence-electron chi connectivity index (χ3n) is 3.20. The molecule has 29 heavy (non-hydrogen) atoms. The van der Waals surface area contributed by atoms with E-state index >= 15 is 0 Å². The fraction of sp³-hybridized carbons (Fsp3) is 0.471. The summed E-state index contributed by atoms with van der Waals surface area (Å²) < 4.78 is 0.